The lowest BCUT2D eigenvalue weighted by Gasteiger charge is -2.03. The summed E-state index contributed by atoms with van der Waals surface area (Å²) in [5, 5.41) is 11.2. The fraction of sp³-hybridized carbons (Fsp3) is 0.143. The number of benzene rings is 2. The number of hydrogen-bond donors (Lipinski definition) is 1. The summed E-state index contributed by atoms with van der Waals surface area (Å²) in [6, 6.07) is 12.0. The average Bonchev–Trinajstić information content (AvgIpc) is 3.26. The Hall–Kier alpha value is -3.46. The highest BCUT2D eigenvalue weighted by atomic mass is 32.1. The number of anilines is 1. The summed E-state index contributed by atoms with van der Waals surface area (Å²) in [4.78, 5) is 18.1. The molecule has 0 aliphatic rings. The zero-order chi connectivity index (χ0) is 21.3. The molecule has 4 rings (SSSR count). The molecule has 2 aromatic carbocycles. The predicted molar refractivity (Wildman–Crippen MR) is 110 cm³/mol. The highest BCUT2D eigenvalue weighted by Gasteiger charge is 2.19. The molecule has 2 aromatic heterocycles. The summed E-state index contributed by atoms with van der Waals surface area (Å²) in [7, 11) is 0. The van der Waals surface area contributed by atoms with Gasteiger partial charge >= 0.3 is 0 Å². The maximum absolute atomic E-state index is 13.1. The smallest absolute Gasteiger partial charge is 0.279 e. The van der Waals surface area contributed by atoms with Gasteiger partial charge in [-0.2, -0.15) is 0 Å². The molecular weight excluding hydrogens is 408 g/mol. The number of rotatable bonds is 5. The van der Waals surface area contributed by atoms with E-state index in [2.05, 4.69) is 20.6 Å². The van der Waals surface area contributed by atoms with Gasteiger partial charge in [-0.1, -0.05) is 17.3 Å². The second-order valence-corrected chi connectivity index (χ2v) is 7.78. The first-order valence-electron chi connectivity index (χ1n) is 9.11. The fourth-order valence-electron chi connectivity index (χ4n) is 2.96. The molecule has 9 heteroatoms. The summed E-state index contributed by atoms with van der Waals surface area (Å²) in [5.74, 6) is -1.07. The first-order valence-corrected chi connectivity index (χ1v) is 9.92. The molecule has 0 fully saturated rings. The van der Waals surface area contributed by atoms with Crippen LogP contribution in [0.2, 0.25) is 0 Å². The van der Waals surface area contributed by atoms with Crippen LogP contribution >= 0.6 is 11.3 Å². The Bertz CT molecular complexity index is 1200. The number of aromatic nitrogens is 4. The standard InChI is InChI=1S/C21H17F2N5OS/c1-12-18(11-14-3-5-15(22)6-4-14)30-21(24-12)25-20(29)19-13(2)28(27-26-19)17-9-7-16(23)8-10-17/h3-10H,11H2,1-2H3,(H,24,25,29). The second-order valence-electron chi connectivity index (χ2n) is 6.70. The second kappa shape index (κ2) is 8.11. The van der Waals surface area contributed by atoms with Crippen LogP contribution in [0.25, 0.3) is 5.69 Å². The molecule has 1 amide bonds. The molecule has 0 saturated carbocycles. The minimum Gasteiger partial charge on any atom is -0.296 e. The lowest BCUT2D eigenvalue weighted by molar-refractivity contribution is 0.102. The van der Waals surface area contributed by atoms with Crippen molar-refractivity contribution in [2.75, 3.05) is 5.32 Å². The maximum Gasteiger partial charge on any atom is 0.279 e. The van der Waals surface area contributed by atoms with E-state index in [-0.39, 0.29) is 17.3 Å². The van der Waals surface area contributed by atoms with Crippen LogP contribution in [0.1, 0.15) is 32.3 Å². The van der Waals surface area contributed by atoms with Crippen molar-refractivity contribution in [1.82, 2.24) is 20.0 Å². The Morgan fingerprint density at radius 1 is 1.03 bits per heavy atom. The molecular formula is C21H17F2N5OS. The van der Waals surface area contributed by atoms with E-state index < -0.39 is 5.91 Å². The van der Waals surface area contributed by atoms with Gasteiger partial charge in [0.25, 0.3) is 5.91 Å². The van der Waals surface area contributed by atoms with E-state index in [9.17, 15) is 13.6 Å². The fourth-order valence-corrected chi connectivity index (χ4v) is 3.95. The SMILES string of the molecule is Cc1nc(NC(=O)c2nnn(-c3ccc(F)cc3)c2C)sc1Cc1ccc(F)cc1. The molecule has 6 nitrogen and oxygen atoms in total. The number of amides is 1. The molecule has 0 bridgehead atoms. The van der Waals surface area contributed by atoms with Crippen molar-refractivity contribution < 1.29 is 13.6 Å². The van der Waals surface area contributed by atoms with Gasteiger partial charge in [0.05, 0.1) is 17.1 Å². The number of carbonyl (C=O) groups excluding carboxylic acids is 1. The molecule has 30 heavy (non-hydrogen) atoms. The van der Waals surface area contributed by atoms with Gasteiger partial charge in [0.15, 0.2) is 10.8 Å². The van der Waals surface area contributed by atoms with Gasteiger partial charge in [0.1, 0.15) is 11.6 Å². The molecule has 0 spiro atoms. The highest BCUT2D eigenvalue weighted by molar-refractivity contribution is 7.15. The van der Waals surface area contributed by atoms with Crippen molar-refractivity contribution in [2.45, 2.75) is 20.3 Å². The molecule has 0 aliphatic carbocycles. The highest BCUT2D eigenvalue weighted by Crippen LogP contribution is 2.26. The Morgan fingerprint density at radius 2 is 1.67 bits per heavy atom. The van der Waals surface area contributed by atoms with E-state index in [1.807, 2.05) is 6.92 Å². The normalized spacial score (nSPS) is 10.9. The topological polar surface area (TPSA) is 72.7 Å². The van der Waals surface area contributed by atoms with Gasteiger partial charge in [0.2, 0.25) is 0 Å². The molecule has 0 saturated heterocycles. The summed E-state index contributed by atoms with van der Waals surface area (Å²) >= 11 is 1.36. The molecule has 0 unspecified atom stereocenters. The van der Waals surface area contributed by atoms with Gasteiger partial charge in [-0.05, 0) is 55.8 Å². The lowest BCUT2D eigenvalue weighted by atomic mass is 10.1. The summed E-state index contributed by atoms with van der Waals surface area (Å²) in [6.45, 7) is 3.58. The van der Waals surface area contributed by atoms with Gasteiger partial charge in [-0.3, -0.25) is 10.1 Å². The van der Waals surface area contributed by atoms with E-state index in [0.29, 0.717) is 22.9 Å². The van der Waals surface area contributed by atoms with Gasteiger partial charge in [-0.25, -0.2) is 18.4 Å². The first-order chi connectivity index (χ1) is 14.4. The number of nitrogens with zero attached hydrogens (tertiary/aromatic N) is 4. The lowest BCUT2D eigenvalue weighted by Crippen LogP contribution is -2.14. The molecule has 0 aliphatic heterocycles. The third-order valence-electron chi connectivity index (χ3n) is 4.57. The number of thiazole rings is 1. The number of aryl methyl sites for hydroxylation is 1. The predicted octanol–water partition coefficient (Wildman–Crippen LogP) is 4.46. The maximum atomic E-state index is 13.1. The molecule has 152 valence electrons. The van der Waals surface area contributed by atoms with Crippen molar-refractivity contribution in [3.8, 4) is 5.69 Å². The van der Waals surface area contributed by atoms with Crippen LogP contribution in [0.3, 0.4) is 0 Å². The minimum atomic E-state index is -0.428. The zero-order valence-corrected chi connectivity index (χ0v) is 17.0. The summed E-state index contributed by atoms with van der Waals surface area (Å²) in [5.41, 5.74) is 3.05. The van der Waals surface area contributed by atoms with Gasteiger partial charge in [0, 0.05) is 11.3 Å². The van der Waals surface area contributed by atoms with Crippen molar-refractivity contribution in [3.05, 3.63) is 87.7 Å². The average molecular weight is 425 g/mol. The number of halogens is 2. The van der Waals surface area contributed by atoms with E-state index in [4.69, 9.17) is 0 Å². The van der Waals surface area contributed by atoms with Crippen LogP contribution in [0.15, 0.2) is 48.5 Å². The Morgan fingerprint density at radius 3 is 2.33 bits per heavy atom. The third-order valence-corrected chi connectivity index (χ3v) is 5.64. The molecule has 0 atom stereocenters. The van der Waals surface area contributed by atoms with E-state index in [1.165, 1.54) is 40.3 Å². The van der Waals surface area contributed by atoms with Crippen LogP contribution in [0, 0.1) is 25.5 Å². The summed E-state index contributed by atoms with van der Waals surface area (Å²) in [6.07, 6.45) is 0.597. The molecule has 1 N–H and O–H groups in total. The molecule has 2 heterocycles. The quantitative estimate of drug-likeness (QED) is 0.512. The van der Waals surface area contributed by atoms with Crippen molar-refractivity contribution in [1.29, 1.82) is 0 Å². The molecule has 0 radical (unpaired) electrons. The first kappa shape index (κ1) is 19.8. The van der Waals surface area contributed by atoms with Crippen molar-refractivity contribution in [3.63, 3.8) is 0 Å². The number of carbonyl (C=O) groups is 1. The van der Waals surface area contributed by atoms with Gasteiger partial charge < -0.3 is 0 Å². The minimum absolute atomic E-state index is 0.160. The van der Waals surface area contributed by atoms with Crippen LogP contribution in [-0.4, -0.2) is 25.9 Å². The zero-order valence-electron chi connectivity index (χ0n) is 16.2. The van der Waals surface area contributed by atoms with Crippen molar-refractivity contribution in [2.24, 2.45) is 0 Å². The largest absolute Gasteiger partial charge is 0.296 e. The van der Waals surface area contributed by atoms with Gasteiger partial charge in [-0.15, -0.1) is 16.4 Å². The van der Waals surface area contributed by atoms with E-state index in [0.717, 1.165) is 16.1 Å². The Labute approximate surface area is 175 Å². The van der Waals surface area contributed by atoms with Crippen LogP contribution in [0.5, 0.6) is 0 Å². The van der Waals surface area contributed by atoms with E-state index >= 15 is 0 Å². The van der Waals surface area contributed by atoms with E-state index in [1.54, 1.807) is 31.2 Å². The number of hydrogen-bond acceptors (Lipinski definition) is 5. The summed E-state index contributed by atoms with van der Waals surface area (Å²) < 4.78 is 27.7. The van der Waals surface area contributed by atoms with Crippen LogP contribution in [0.4, 0.5) is 13.9 Å². The third kappa shape index (κ3) is 4.11. The monoisotopic (exact) mass is 425 g/mol. The number of nitrogens with one attached hydrogen (secondary N) is 1. The Balaban J connectivity index is 1.50. The molecule has 4 aromatic rings. The Kier molecular flexibility index (Phi) is 5.37. The van der Waals surface area contributed by atoms with Crippen LogP contribution < -0.4 is 5.32 Å². The van der Waals surface area contributed by atoms with Crippen molar-refractivity contribution >= 4 is 22.4 Å². The van der Waals surface area contributed by atoms with Crippen LogP contribution in [-0.2, 0) is 6.42 Å².